The van der Waals surface area contributed by atoms with Crippen molar-refractivity contribution in [2.45, 2.75) is 36.7 Å². The van der Waals surface area contributed by atoms with Gasteiger partial charge in [-0.15, -0.1) is 0 Å². The first-order valence-corrected chi connectivity index (χ1v) is 12.8. The number of amides is 1. The smallest absolute Gasteiger partial charge is 0.243 e. The number of rotatable bonds is 7. The number of carbonyl (C=O) groups is 1. The van der Waals surface area contributed by atoms with Gasteiger partial charge in [-0.2, -0.15) is 4.31 Å². The zero-order valence-electron chi connectivity index (χ0n) is 17.6. The van der Waals surface area contributed by atoms with Crippen molar-refractivity contribution in [1.82, 2.24) is 9.62 Å². The van der Waals surface area contributed by atoms with Crippen LogP contribution in [0.1, 0.15) is 35.6 Å². The summed E-state index contributed by atoms with van der Waals surface area (Å²) in [5.41, 5.74) is 3.17. The summed E-state index contributed by atoms with van der Waals surface area (Å²) >= 11 is 3.40. The van der Waals surface area contributed by atoms with Gasteiger partial charge >= 0.3 is 0 Å². The molecule has 0 unspecified atom stereocenters. The minimum absolute atomic E-state index is 0.0959. The van der Waals surface area contributed by atoms with Crippen LogP contribution in [0.5, 0.6) is 0 Å². The largest absolute Gasteiger partial charge is 0.348 e. The van der Waals surface area contributed by atoms with E-state index in [-0.39, 0.29) is 29.9 Å². The Hall–Kier alpha value is -2.48. The third kappa shape index (κ3) is 5.28. The van der Waals surface area contributed by atoms with E-state index in [1.54, 1.807) is 30.3 Å². The Morgan fingerprint density at radius 3 is 2.41 bits per heavy atom. The third-order valence-corrected chi connectivity index (χ3v) is 8.01. The van der Waals surface area contributed by atoms with E-state index in [2.05, 4.69) is 27.3 Å². The molecular formula is C25H25BrN2O3S. The number of nitrogens with one attached hydrogen (secondary N) is 1. The molecule has 1 atom stereocenters. The predicted molar refractivity (Wildman–Crippen MR) is 128 cm³/mol. The Balaban J connectivity index is 1.56. The van der Waals surface area contributed by atoms with E-state index in [1.165, 1.54) is 9.87 Å². The van der Waals surface area contributed by atoms with Crippen LogP contribution in [0.4, 0.5) is 0 Å². The minimum Gasteiger partial charge on any atom is -0.348 e. The highest BCUT2D eigenvalue weighted by atomic mass is 79.9. The number of hydrogen-bond acceptors (Lipinski definition) is 3. The maximum absolute atomic E-state index is 13.4. The standard InChI is InChI=1S/C25H25BrN2O3S/c26-21-15-13-19(14-16-21)17-28(32(30,31)22-9-2-1-3-10-22)18-25(29)27-24-12-6-8-20-7-4-5-11-23(20)24/h1-5,7,9-11,13-16,24H,6,8,12,17-18H2,(H,27,29)/t24-/m1/s1. The Morgan fingerprint density at radius 1 is 0.969 bits per heavy atom. The second-order valence-corrected chi connectivity index (χ2v) is 10.8. The molecular weight excluding hydrogens is 488 g/mol. The number of carbonyl (C=O) groups excluding carboxylic acids is 1. The fourth-order valence-corrected chi connectivity index (χ4v) is 5.73. The number of sulfonamides is 1. The quantitative estimate of drug-likeness (QED) is 0.492. The number of fused-ring (bicyclic) bond motifs is 1. The lowest BCUT2D eigenvalue weighted by atomic mass is 9.88. The predicted octanol–water partition coefficient (Wildman–Crippen LogP) is 4.83. The van der Waals surface area contributed by atoms with E-state index < -0.39 is 10.0 Å². The zero-order valence-corrected chi connectivity index (χ0v) is 20.0. The van der Waals surface area contributed by atoms with Crippen molar-refractivity contribution in [1.29, 1.82) is 0 Å². The van der Waals surface area contributed by atoms with Gasteiger partial charge in [0.05, 0.1) is 17.5 Å². The van der Waals surface area contributed by atoms with Gasteiger partial charge in [-0.3, -0.25) is 4.79 Å². The highest BCUT2D eigenvalue weighted by Crippen LogP contribution is 2.29. The van der Waals surface area contributed by atoms with E-state index >= 15 is 0 Å². The zero-order chi connectivity index (χ0) is 22.6. The number of hydrogen-bond donors (Lipinski definition) is 1. The lowest BCUT2D eigenvalue weighted by Gasteiger charge is -2.28. The molecule has 32 heavy (non-hydrogen) atoms. The molecule has 3 aromatic rings. The van der Waals surface area contributed by atoms with E-state index in [1.807, 2.05) is 42.5 Å². The Labute approximate surface area is 197 Å². The summed E-state index contributed by atoms with van der Waals surface area (Å²) in [5.74, 6) is -0.302. The van der Waals surface area contributed by atoms with Crippen LogP contribution in [-0.2, 0) is 27.8 Å². The average Bonchev–Trinajstić information content (AvgIpc) is 2.81. The fourth-order valence-electron chi connectivity index (χ4n) is 4.06. The van der Waals surface area contributed by atoms with Crippen LogP contribution in [0, 0.1) is 0 Å². The summed E-state index contributed by atoms with van der Waals surface area (Å²) in [6.07, 6.45) is 2.84. The first kappa shape index (κ1) is 22.7. The molecule has 4 rings (SSSR count). The third-order valence-electron chi connectivity index (χ3n) is 5.68. The van der Waals surface area contributed by atoms with Gasteiger partial charge in [-0.1, -0.05) is 70.5 Å². The summed E-state index contributed by atoms with van der Waals surface area (Å²) in [4.78, 5) is 13.2. The molecule has 0 radical (unpaired) electrons. The molecule has 1 N–H and O–H groups in total. The van der Waals surface area contributed by atoms with Gasteiger partial charge < -0.3 is 5.32 Å². The Kier molecular flexibility index (Phi) is 7.08. The van der Waals surface area contributed by atoms with Crippen LogP contribution < -0.4 is 5.32 Å². The maximum atomic E-state index is 13.4. The molecule has 0 saturated heterocycles. The van der Waals surface area contributed by atoms with E-state index in [9.17, 15) is 13.2 Å². The van der Waals surface area contributed by atoms with Gasteiger partial charge in [-0.05, 0) is 60.2 Å². The van der Waals surface area contributed by atoms with Crippen LogP contribution >= 0.6 is 15.9 Å². The second-order valence-electron chi connectivity index (χ2n) is 7.92. The first-order chi connectivity index (χ1) is 15.4. The van der Waals surface area contributed by atoms with Gasteiger partial charge in [0.2, 0.25) is 15.9 Å². The van der Waals surface area contributed by atoms with Crippen molar-refractivity contribution in [3.8, 4) is 0 Å². The maximum Gasteiger partial charge on any atom is 0.243 e. The van der Waals surface area contributed by atoms with Crippen LogP contribution in [0.2, 0.25) is 0 Å². The summed E-state index contributed by atoms with van der Waals surface area (Å²) in [7, 11) is -3.85. The monoisotopic (exact) mass is 512 g/mol. The fraction of sp³-hybridized carbons (Fsp3) is 0.240. The van der Waals surface area contributed by atoms with Crippen molar-refractivity contribution >= 4 is 31.9 Å². The molecule has 1 amide bonds. The second kappa shape index (κ2) is 9.98. The van der Waals surface area contributed by atoms with Crippen LogP contribution in [-0.4, -0.2) is 25.2 Å². The van der Waals surface area contributed by atoms with Crippen LogP contribution in [0.15, 0.2) is 88.2 Å². The van der Waals surface area contributed by atoms with Gasteiger partial charge in [0.25, 0.3) is 0 Å². The molecule has 1 aliphatic rings. The highest BCUT2D eigenvalue weighted by molar-refractivity contribution is 9.10. The molecule has 0 fully saturated rings. The molecule has 0 bridgehead atoms. The SMILES string of the molecule is O=C(CN(Cc1ccc(Br)cc1)S(=O)(=O)c1ccccc1)N[C@@H]1CCCc2ccccc21. The molecule has 1 aliphatic carbocycles. The lowest BCUT2D eigenvalue weighted by molar-refractivity contribution is -0.122. The topological polar surface area (TPSA) is 66.5 Å². The van der Waals surface area contributed by atoms with E-state index in [0.29, 0.717) is 0 Å². The van der Waals surface area contributed by atoms with Gasteiger partial charge in [0.1, 0.15) is 0 Å². The number of benzene rings is 3. The van der Waals surface area contributed by atoms with E-state index in [4.69, 9.17) is 0 Å². The normalized spacial score (nSPS) is 15.9. The van der Waals surface area contributed by atoms with Crippen molar-refractivity contribution in [3.05, 3.63) is 100 Å². The summed E-state index contributed by atoms with van der Waals surface area (Å²) in [6, 6.07) is 23.7. The number of halogens is 1. The molecule has 0 heterocycles. The van der Waals surface area contributed by atoms with Crippen molar-refractivity contribution in [2.75, 3.05) is 6.54 Å². The Bertz CT molecular complexity index is 1180. The molecule has 0 spiro atoms. The molecule has 166 valence electrons. The lowest BCUT2D eigenvalue weighted by Crippen LogP contribution is -2.42. The average molecular weight is 513 g/mol. The molecule has 5 nitrogen and oxygen atoms in total. The summed E-state index contributed by atoms with van der Waals surface area (Å²) in [5, 5.41) is 3.07. The van der Waals surface area contributed by atoms with Crippen LogP contribution in [0.25, 0.3) is 0 Å². The molecule has 0 aliphatic heterocycles. The van der Waals surface area contributed by atoms with Crippen molar-refractivity contribution in [3.63, 3.8) is 0 Å². The highest BCUT2D eigenvalue weighted by Gasteiger charge is 2.28. The van der Waals surface area contributed by atoms with Gasteiger partial charge in [-0.25, -0.2) is 8.42 Å². The Morgan fingerprint density at radius 2 is 1.66 bits per heavy atom. The summed E-state index contributed by atoms with van der Waals surface area (Å²) in [6.45, 7) is -0.134. The molecule has 3 aromatic carbocycles. The summed E-state index contributed by atoms with van der Waals surface area (Å²) < 4.78 is 28.9. The molecule has 7 heteroatoms. The molecule has 0 aromatic heterocycles. The van der Waals surface area contributed by atoms with Crippen molar-refractivity contribution < 1.29 is 13.2 Å². The number of aryl methyl sites for hydroxylation is 1. The minimum atomic E-state index is -3.85. The first-order valence-electron chi connectivity index (χ1n) is 10.6. The van der Waals surface area contributed by atoms with Crippen LogP contribution in [0.3, 0.4) is 0 Å². The van der Waals surface area contributed by atoms with Crippen molar-refractivity contribution in [2.24, 2.45) is 0 Å². The van der Waals surface area contributed by atoms with Gasteiger partial charge in [0.15, 0.2) is 0 Å². The molecule has 0 saturated carbocycles. The number of nitrogens with zero attached hydrogens (tertiary/aromatic N) is 1. The van der Waals surface area contributed by atoms with E-state index in [0.717, 1.165) is 34.9 Å². The van der Waals surface area contributed by atoms with Gasteiger partial charge in [0, 0.05) is 11.0 Å².